The van der Waals surface area contributed by atoms with Crippen molar-refractivity contribution in [2.75, 3.05) is 11.1 Å². The number of aromatic nitrogens is 1. The van der Waals surface area contributed by atoms with Crippen LogP contribution >= 0.6 is 15.9 Å². The Morgan fingerprint density at radius 2 is 1.58 bits per heavy atom. The molecular formula is C20H14BrN5. The highest BCUT2D eigenvalue weighted by molar-refractivity contribution is 9.10. The Morgan fingerprint density at radius 1 is 0.962 bits per heavy atom. The second-order valence-electron chi connectivity index (χ2n) is 5.69. The van der Waals surface area contributed by atoms with E-state index in [-0.39, 0.29) is 16.9 Å². The zero-order chi connectivity index (χ0) is 18.7. The van der Waals surface area contributed by atoms with Gasteiger partial charge in [-0.25, -0.2) is 4.98 Å². The third-order valence-corrected chi connectivity index (χ3v) is 4.42. The molecule has 0 saturated heterocycles. The number of pyridine rings is 1. The number of benzene rings is 2. The fourth-order valence-electron chi connectivity index (χ4n) is 2.60. The molecule has 0 saturated carbocycles. The maximum Gasteiger partial charge on any atom is 0.151 e. The van der Waals surface area contributed by atoms with Crippen molar-refractivity contribution in [3.8, 4) is 23.3 Å². The molecule has 6 heteroatoms. The van der Waals surface area contributed by atoms with E-state index < -0.39 is 0 Å². The number of nitrogen functional groups attached to an aromatic ring is 1. The summed E-state index contributed by atoms with van der Waals surface area (Å²) in [7, 11) is 0. The van der Waals surface area contributed by atoms with Gasteiger partial charge in [0.1, 0.15) is 29.1 Å². The Morgan fingerprint density at radius 3 is 2.15 bits per heavy atom. The van der Waals surface area contributed by atoms with Gasteiger partial charge in [0.05, 0.1) is 0 Å². The van der Waals surface area contributed by atoms with E-state index in [0.717, 1.165) is 21.3 Å². The van der Waals surface area contributed by atoms with Gasteiger partial charge < -0.3 is 11.1 Å². The van der Waals surface area contributed by atoms with Crippen LogP contribution in [0.2, 0.25) is 0 Å². The molecule has 0 amide bonds. The number of nitrogens with one attached hydrogen (secondary N) is 1. The van der Waals surface area contributed by atoms with Crippen molar-refractivity contribution in [3.05, 3.63) is 69.7 Å². The van der Waals surface area contributed by atoms with E-state index in [1.165, 1.54) is 0 Å². The number of nitrogens with two attached hydrogens (primary N) is 1. The zero-order valence-corrected chi connectivity index (χ0v) is 15.5. The number of nitriles is 2. The molecule has 0 bridgehead atoms. The number of anilines is 3. The predicted molar refractivity (Wildman–Crippen MR) is 106 cm³/mol. The Hall–Kier alpha value is -3.35. The quantitative estimate of drug-likeness (QED) is 0.648. The molecule has 0 fully saturated rings. The van der Waals surface area contributed by atoms with Crippen LogP contribution in [0.1, 0.15) is 16.7 Å². The van der Waals surface area contributed by atoms with Crippen LogP contribution in [0.15, 0.2) is 53.0 Å². The van der Waals surface area contributed by atoms with Crippen LogP contribution in [0.25, 0.3) is 11.1 Å². The van der Waals surface area contributed by atoms with Gasteiger partial charge in [0.15, 0.2) is 5.82 Å². The van der Waals surface area contributed by atoms with Gasteiger partial charge in [-0.2, -0.15) is 10.5 Å². The van der Waals surface area contributed by atoms with Gasteiger partial charge in [0, 0.05) is 15.7 Å². The van der Waals surface area contributed by atoms with Crippen molar-refractivity contribution in [2.45, 2.75) is 6.92 Å². The molecule has 0 radical (unpaired) electrons. The lowest BCUT2D eigenvalue weighted by atomic mass is 9.96. The molecule has 26 heavy (non-hydrogen) atoms. The van der Waals surface area contributed by atoms with E-state index in [2.05, 4.69) is 38.4 Å². The van der Waals surface area contributed by atoms with Crippen LogP contribution in [-0.4, -0.2) is 4.98 Å². The van der Waals surface area contributed by atoms with E-state index in [0.29, 0.717) is 11.4 Å². The third kappa shape index (κ3) is 3.37. The molecule has 0 unspecified atom stereocenters. The van der Waals surface area contributed by atoms with Crippen molar-refractivity contribution in [3.63, 3.8) is 0 Å². The molecule has 0 aliphatic heterocycles. The minimum atomic E-state index is 0.0824. The molecule has 126 valence electrons. The molecule has 0 aliphatic rings. The van der Waals surface area contributed by atoms with Gasteiger partial charge in [-0.3, -0.25) is 0 Å². The van der Waals surface area contributed by atoms with E-state index in [1.807, 2.05) is 55.5 Å². The normalized spacial score (nSPS) is 10.0. The zero-order valence-electron chi connectivity index (χ0n) is 13.9. The highest BCUT2D eigenvalue weighted by Crippen LogP contribution is 2.35. The molecule has 1 aromatic heterocycles. The third-order valence-electron chi connectivity index (χ3n) is 3.90. The van der Waals surface area contributed by atoms with Crippen molar-refractivity contribution in [2.24, 2.45) is 0 Å². The fraction of sp³-hybridized carbons (Fsp3) is 0.0500. The number of hydrogen-bond donors (Lipinski definition) is 2. The highest BCUT2D eigenvalue weighted by atomic mass is 79.9. The standard InChI is InChI=1S/C20H14BrN5/c1-12-2-8-15(9-3-12)25-20-17(11-23)18(16(10-22)19(24)26-20)13-4-6-14(21)7-5-13/h2-9H,1H3,(H3,24,25,26). The van der Waals surface area contributed by atoms with Gasteiger partial charge in [-0.05, 0) is 36.8 Å². The lowest BCUT2D eigenvalue weighted by Crippen LogP contribution is -2.06. The van der Waals surface area contributed by atoms with Crippen LogP contribution < -0.4 is 11.1 Å². The van der Waals surface area contributed by atoms with Crippen LogP contribution in [-0.2, 0) is 0 Å². The van der Waals surface area contributed by atoms with E-state index >= 15 is 0 Å². The Balaban J connectivity index is 2.21. The van der Waals surface area contributed by atoms with Gasteiger partial charge >= 0.3 is 0 Å². The van der Waals surface area contributed by atoms with E-state index in [9.17, 15) is 10.5 Å². The van der Waals surface area contributed by atoms with Gasteiger partial charge in [-0.15, -0.1) is 0 Å². The van der Waals surface area contributed by atoms with Crippen molar-refractivity contribution in [1.82, 2.24) is 4.98 Å². The molecule has 1 heterocycles. The summed E-state index contributed by atoms with van der Waals surface area (Å²) in [5.74, 6) is 0.407. The SMILES string of the molecule is Cc1ccc(Nc2nc(N)c(C#N)c(-c3ccc(Br)cc3)c2C#N)cc1. The molecule has 3 N–H and O–H groups in total. The minimum Gasteiger partial charge on any atom is -0.383 e. The molecule has 0 spiro atoms. The second kappa shape index (κ2) is 7.26. The topological polar surface area (TPSA) is 98.5 Å². The highest BCUT2D eigenvalue weighted by Gasteiger charge is 2.20. The number of hydrogen-bond acceptors (Lipinski definition) is 5. The number of aryl methyl sites for hydroxylation is 1. The maximum absolute atomic E-state index is 9.76. The van der Waals surface area contributed by atoms with E-state index in [1.54, 1.807) is 0 Å². The second-order valence-corrected chi connectivity index (χ2v) is 6.61. The first-order valence-electron chi connectivity index (χ1n) is 7.76. The number of halogens is 1. The van der Waals surface area contributed by atoms with E-state index in [4.69, 9.17) is 5.73 Å². The molecule has 5 nitrogen and oxygen atoms in total. The fourth-order valence-corrected chi connectivity index (χ4v) is 2.86. The summed E-state index contributed by atoms with van der Waals surface area (Å²) in [5.41, 5.74) is 9.59. The molecular weight excluding hydrogens is 390 g/mol. The van der Waals surface area contributed by atoms with Crippen molar-refractivity contribution >= 4 is 33.3 Å². The molecule has 2 aromatic carbocycles. The lowest BCUT2D eigenvalue weighted by molar-refractivity contribution is 1.27. The summed E-state index contributed by atoms with van der Waals surface area (Å²) >= 11 is 3.39. The van der Waals surface area contributed by atoms with Crippen molar-refractivity contribution < 1.29 is 0 Å². The Kier molecular flexibility index (Phi) is 4.88. The van der Waals surface area contributed by atoms with Crippen LogP contribution in [0.3, 0.4) is 0 Å². The van der Waals surface area contributed by atoms with Crippen molar-refractivity contribution in [1.29, 1.82) is 10.5 Å². The number of nitrogens with zero attached hydrogens (tertiary/aromatic N) is 3. The maximum atomic E-state index is 9.76. The molecule has 3 rings (SSSR count). The Bertz CT molecular complexity index is 1040. The minimum absolute atomic E-state index is 0.0824. The number of rotatable bonds is 3. The summed E-state index contributed by atoms with van der Waals surface area (Å²) in [4.78, 5) is 4.25. The predicted octanol–water partition coefficient (Wildman–Crippen LogP) is 4.89. The summed E-state index contributed by atoms with van der Waals surface area (Å²) in [6, 6.07) is 19.3. The first-order chi connectivity index (χ1) is 12.5. The van der Waals surface area contributed by atoms with Crippen LogP contribution in [0.4, 0.5) is 17.3 Å². The summed E-state index contributed by atoms with van der Waals surface area (Å²) in [6.45, 7) is 1.99. The monoisotopic (exact) mass is 403 g/mol. The molecule has 3 aromatic rings. The first kappa shape index (κ1) is 17.5. The smallest absolute Gasteiger partial charge is 0.151 e. The Labute approximate surface area is 159 Å². The van der Waals surface area contributed by atoms with Crippen LogP contribution in [0.5, 0.6) is 0 Å². The summed E-state index contributed by atoms with van der Waals surface area (Å²) in [5, 5.41) is 22.4. The average molecular weight is 404 g/mol. The van der Waals surface area contributed by atoms with Gasteiger partial charge in [-0.1, -0.05) is 45.8 Å². The lowest BCUT2D eigenvalue weighted by Gasteiger charge is -2.14. The van der Waals surface area contributed by atoms with Gasteiger partial charge in [0.25, 0.3) is 0 Å². The summed E-state index contributed by atoms with van der Waals surface area (Å²) < 4.78 is 0.901. The first-order valence-corrected chi connectivity index (χ1v) is 8.56. The molecule has 0 aliphatic carbocycles. The summed E-state index contributed by atoms with van der Waals surface area (Å²) in [6.07, 6.45) is 0. The van der Waals surface area contributed by atoms with Crippen LogP contribution in [0, 0.1) is 29.6 Å². The van der Waals surface area contributed by atoms with Gasteiger partial charge in [0.2, 0.25) is 0 Å². The average Bonchev–Trinajstić information content (AvgIpc) is 2.64. The molecule has 0 atom stereocenters. The largest absolute Gasteiger partial charge is 0.383 e.